The van der Waals surface area contributed by atoms with Crippen molar-refractivity contribution in [3.05, 3.63) is 23.8 Å². The van der Waals surface area contributed by atoms with Gasteiger partial charge >= 0.3 is 0 Å². The first-order valence-corrected chi connectivity index (χ1v) is 9.05. The zero-order chi connectivity index (χ0) is 18.9. The number of hydrogen-bond acceptors (Lipinski definition) is 7. The normalized spacial score (nSPS) is 11.4. The molecule has 2 N–H and O–H groups in total. The summed E-state index contributed by atoms with van der Waals surface area (Å²) in [5.74, 6) is 0.223. The largest absolute Gasteiger partial charge is 0.493 e. The van der Waals surface area contributed by atoms with Gasteiger partial charge in [-0.1, -0.05) is 0 Å². The highest BCUT2D eigenvalue weighted by molar-refractivity contribution is 7.89. The van der Waals surface area contributed by atoms with Crippen LogP contribution in [0.4, 0.5) is 0 Å². The van der Waals surface area contributed by atoms with Gasteiger partial charge < -0.3 is 24.3 Å². The van der Waals surface area contributed by atoms with Gasteiger partial charge in [-0.2, -0.15) is 0 Å². The fourth-order valence-corrected chi connectivity index (χ4v) is 2.81. The van der Waals surface area contributed by atoms with Crippen molar-refractivity contribution >= 4 is 15.9 Å². The van der Waals surface area contributed by atoms with Crippen LogP contribution in [-0.2, 0) is 19.5 Å². The summed E-state index contributed by atoms with van der Waals surface area (Å²) >= 11 is 0. The summed E-state index contributed by atoms with van der Waals surface area (Å²) in [7, 11) is 2.21. The van der Waals surface area contributed by atoms with E-state index in [0.717, 1.165) is 0 Å². The van der Waals surface area contributed by atoms with E-state index in [0.29, 0.717) is 17.1 Å². The Morgan fingerprint density at radius 1 is 1.08 bits per heavy atom. The predicted molar refractivity (Wildman–Crippen MR) is 91.5 cm³/mol. The first kappa shape index (κ1) is 21.2. The number of sulfonamides is 1. The van der Waals surface area contributed by atoms with E-state index in [4.69, 9.17) is 18.9 Å². The van der Waals surface area contributed by atoms with E-state index < -0.39 is 22.2 Å². The van der Waals surface area contributed by atoms with Gasteiger partial charge in [0.1, 0.15) is 0 Å². The topological polar surface area (TPSA) is 112 Å². The van der Waals surface area contributed by atoms with E-state index >= 15 is 0 Å². The van der Waals surface area contributed by atoms with Gasteiger partial charge in [-0.3, -0.25) is 4.79 Å². The molecule has 0 saturated carbocycles. The third-order valence-electron chi connectivity index (χ3n) is 3.30. The minimum Gasteiger partial charge on any atom is -0.493 e. The van der Waals surface area contributed by atoms with Crippen molar-refractivity contribution in [1.29, 1.82) is 0 Å². The van der Waals surface area contributed by atoms with Gasteiger partial charge in [0.2, 0.25) is 10.0 Å². The van der Waals surface area contributed by atoms with Crippen molar-refractivity contribution < 1.29 is 32.2 Å². The summed E-state index contributed by atoms with van der Waals surface area (Å²) in [6, 6.07) is 4.68. The zero-order valence-corrected chi connectivity index (χ0v) is 15.5. The molecule has 1 amide bonds. The van der Waals surface area contributed by atoms with Gasteiger partial charge in [0.25, 0.3) is 5.91 Å². The molecule has 1 aromatic rings. The Balaban J connectivity index is 2.54. The van der Waals surface area contributed by atoms with Crippen LogP contribution in [0.3, 0.4) is 0 Å². The average Bonchev–Trinajstić information content (AvgIpc) is 2.61. The Hall–Kier alpha value is -1.88. The maximum atomic E-state index is 12.1. The van der Waals surface area contributed by atoms with Crippen molar-refractivity contribution in [2.75, 3.05) is 47.3 Å². The predicted octanol–water partition coefficient (Wildman–Crippen LogP) is -0.0281. The van der Waals surface area contributed by atoms with E-state index in [1.807, 2.05) is 0 Å². The molecule has 142 valence electrons. The Kier molecular flexibility index (Phi) is 8.62. The molecule has 0 radical (unpaired) electrons. The molecule has 0 aliphatic carbocycles. The van der Waals surface area contributed by atoms with Crippen molar-refractivity contribution in [2.45, 2.75) is 6.29 Å². The van der Waals surface area contributed by atoms with E-state index in [-0.39, 0.29) is 18.8 Å². The molecule has 0 fully saturated rings. The summed E-state index contributed by atoms with van der Waals surface area (Å²) in [6.07, 6.45) is -0.670. The summed E-state index contributed by atoms with van der Waals surface area (Å²) in [4.78, 5) is 12.1. The molecule has 1 rings (SSSR count). The fourth-order valence-electron chi connectivity index (χ4n) is 1.91. The Morgan fingerprint density at radius 3 is 2.28 bits per heavy atom. The quantitative estimate of drug-likeness (QED) is 0.522. The average molecular weight is 376 g/mol. The van der Waals surface area contributed by atoms with Crippen molar-refractivity contribution in [2.24, 2.45) is 0 Å². The summed E-state index contributed by atoms with van der Waals surface area (Å²) in [5, 5.41) is 2.54. The van der Waals surface area contributed by atoms with Gasteiger partial charge in [0.05, 0.1) is 26.5 Å². The number of rotatable bonds is 11. The van der Waals surface area contributed by atoms with Crippen LogP contribution in [0.2, 0.25) is 0 Å². The smallest absolute Gasteiger partial charge is 0.251 e. The standard InChI is InChI=1S/C15H24N2O7S/c1-21-12-6-5-11(9-13(12)22-2)15(18)16-7-8-25(19,20)17-10-14(23-3)24-4/h5-6,9,14,17H,7-8,10H2,1-4H3,(H,16,18). The van der Waals surface area contributed by atoms with Gasteiger partial charge in [-0.15, -0.1) is 0 Å². The van der Waals surface area contributed by atoms with Crippen LogP contribution in [0.15, 0.2) is 18.2 Å². The maximum Gasteiger partial charge on any atom is 0.251 e. The lowest BCUT2D eigenvalue weighted by atomic mass is 10.2. The highest BCUT2D eigenvalue weighted by atomic mass is 32.2. The number of benzene rings is 1. The molecule has 0 unspecified atom stereocenters. The van der Waals surface area contributed by atoms with Gasteiger partial charge in [-0.05, 0) is 18.2 Å². The molecule has 25 heavy (non-hydrogen) atoms. The van der Waals surface area contributed by atoms with Crippen LogP contribution >= 0.6 is 0 Å². The van der Waals surface area contributed by atoms with Crippen LogP contribution in [0.1, 0.15) is 10.4 Å². The third kappa shape index (κ3) is 6.86. The van der Waals surface area contributed by atoms with Crippen molar-refractivity contribution in [1.82, 2.24) is 10.0 Å². The highest BCUT2D eigenvalue weighted by Crippen LogP contribution is 2.27. The summed E-state index contributed by atoms with van der Waals surface area (Å²) in [5.41, 5.74) is 0.335. The van der Waals surface area contributed by atoms with Crippen molar-refractivity contribution in [3.63, 3.8) is 0 Å². The summed E-state index contributed by atoms with van der Waals surface area (Å²) < 4.78 is 46.1. The molecular formula is C15H24N2O7S. The first-order valence-electron chi connectivity index (χ1n) is 7.40. The molecule has 1 aromatic carbocycles. The number of carbonyl (C=O) groups is 1. The van der Waals surface area contributed by atoms with Crippen molar-refractivity contribution in [3.8, 4) is 11.5 Å². The van der Waals surface area contributed by atoms with Crippen LogP contribution in [0, 0.1) is 0 Å². The first-order chi connectivity index (χ1) is 11.9. The van der Waals surface area contributed by atoms with E-state index in [9.17, 15) is 13.2 Å². The molecule has 0 spiro atoms. The van der Waals surface area contributed by atoms with Crippen LogP contribution in [-0.4, -0.2) is 67.9 Å². The second kappa shape index (κ2) is 10.2. The minimum atomic E-state index is -3.57. The Bertz CT molecular complexity index is 660. The molecule has 9 nitrogen and oxygen atoms in total. The molecule has 0 heterocycles. The number of methoxy groups -OCH3 is 4. The third-order valence-corrected chi connectivity index (χ3v) is 4.65. The molecular weight excluding hydrogens is 352 g/mol. The van der Waals surface area contributed by atoms with E-state index in [1.54, 1.807) is 12.1 Å². The fraction of sp³-hybridized carbons (Fsp3) is 0.533. The Labute approximate surface area is 147 Å². The molecule has 0 aliphatic rings. The Morgan fingerprint density at radius 2 is 1.72 bits per heavy atom. The maximum absolute atomic E-state index is 12.1. The second-order valence-electron chi connectivity index (χ2n) is 4.89. The van der Waals surface area contributed by atoms with Gasteiger partial charge in [-0.25, -0.2) is 13.1 Å². The molecule has 10 heteroatoms. The molecule has 0 bridgehead atoms. The van der Waals surface area contributed by atoms with Gasteiger partial charge in [0.15, 0.2) is 17.8 Å². The number of ether oxygens (including phenoxy) is 4. The number of amides is 1. The SMILES string of the molecule is COc1ccc(C(=O)NCCS(=O)(=O)NCC(OC)OC)cc1OC. The van der Waals surface area contributed by atoms with Gasteiger partial charge in [0, 0.05) is 26.3 Å². The van der Waals surface area contributed by atoms with E-state index in [1.165, 1.54) is 34.5 Å². The van der Waals surface area contributed by atoms with Crippen LogP contribution in [0.25, 0.3) is 0 Å². The van der Waals surface area contributed by atoms with E-state index in [2.05, 4.69) is 10.0 Å². The monoisotopic (exact) mass is 376 g/mol. The number of hydrogen-bond donors (Lipinski definition) is 2. The van der Waals surface area contributed by atoms with Crippen LogP contribution < -0.4 is 19.5 Å². The molecule has 0 aliphatic heterocycles. The molecule has 0 atom stereocenters. The van der Waals surface area contributed by atoms with Crippen LogP contribution in [0.5, 0.6) is 11.5 Å². The summed E-state index contributed by atoms with van der Waals surface area (Å²) in [6.45, 7) is -0.0634. The lowest BCUT2D eigenvalue weighted by molar-refractivity contribution is -0.0960. The lowest BCUT2D eigenvalue weighted by Crippen LogP contribution is -2.38. The lowest BCUT2D eigenvalue weighted by Gasteiger charge is -2.14. The zero-order valence-electron chi connectivity index (χ0n) is 14.7. The number of nitrogens with one attached hydrogen (secondary N) is 2. The highest BCUT2D eigenvalue weighted by Gasteiger charge is 2.15. The minimum absolute atomic E-state index is 0.0149. The number of carbonyl (C=O) groups excluding carboxylic acids is 1. The molecule has 0 saturated heterocycles. The second-order valence-corrected chi connectivity index (χ2v) is 6.82. The molecule has 0 aromatic heterocycles.